The first-order chi connectivity index (χ1) is 12.8. The Morgan fingerprint density at radius 3 is 2.65 bits per heavy atom. The molecule has 3 aliphatic rings. The van der Waals surface area contributed by atoms with Crippen LogP contribution in [0, 0.1) is 5.92 Å². The van der Waals surface area contributed by atoms with Crippen molar-refractivity contribution in [3.05, 3.63) is 47.3 Å². The summed E-state index contributed by atoms with van der Waals surface area (Å²) >= 11 is 0. The number of fused-ring (bicyclic) bond motifs is 2. The molecule has 0 unspecified atom stereocenters. The lowest BCUT2D eigenvalue weighted by Crippen LogP contribution is -2.49. The zero-order valence-corrected chi connectivity index (χ0v) is 15.4. The van der Waals surface area contributed by atoms with Gasteiger partial charge in [-0.05, 0) is 63.0 Å². The number of para-hydroxylation sites is 1. The van der Waals surface area contributed by atoms with Crippen molar-refractivity contribution in [2.45, 2.75) is 63.8 Å². The molecule has 1 aromatic heterocycles. The molecule has 0 N–H and O–H groups in total. The summed E-state index contributed by atoms with van der Waals surface area (Å²) in [7, 11) is 0. The average Bonchev–Trinajstić information content (AvgIpc) is 3.30. The molecule has 4 heteroatoms. The van der Waals surface area contributed by atoms with E-state index in [9.17, 15) is 4.79 Å². The predicted molar refractivity (Wildman–Crippen MR) is 102 cm³/mol. The quantitative estimate of drug-likeness (QED) is 0.817. The summed E-state index contributed by atoms with van der Waals surface area (Å²) in [6, 6.07) is 10.7. The minimum atomic E-state index is 0.189. The Balaban J connectivity index is 1.51. The average molecular weight is 349 g/mol. The van der Waals surface area contributed by atoms with Crippen LogP contribution in [0.3, 0.4) is 0 Å². The molecule has 1 saturated carbocycles. The van der Waals surface area contributed by atoms with Crippen molar-refractivity contribution in [1.82, 2.24) is 14.7 Å². The molecule has 5 rings (SSSR count). The lowest BCUT2D eigenvalue weighted by Gasteiger charge is -2.44. The highest BCUT2D eigenvalue weighted by molar-refractivity contribution is 5.94. The molecule has 0 bridgehead atoms. The second-order valence-corrected chi connectivity index (χ2v) is 8.13. The summed E-state index contributed by atoms with van der Waals surface area (Å²) in [5.74, 6) is 0.903. The van der Waals surface area contributed by atoms with Gasteiger partial charge in [0.15, 0.2) is 5.69 Å². The zero-order chi connectivity index (χ0) is 17.5. The number of rotatable bonds is 2. The van der Waals surface area contributed by atoms with E-state index >= 15 is 0 Å². The molecule has 2 heterocycles. The van der Waals surface area contributed by atoms with Gasteiger partial charge in [0.2, 0.25) is 0 Å². The maximum Gasteiger partial charge on any atom is 0.274 e. The van der Waals surface area contributed by atoms with Crippen molar-refractivity contribution < 1.29 is 4.79 Å². The summed E-state index contributed by atoms with van der Waals surface area (Å²) < 4.78 is 2.03. The van der Waals surface area contributed by atoms with Gasteiger partial charge in [-0.3, -0.25) is 4.79 Å². The van der Waals surface area contributed by atoms with Gasteiger partial charge in [-0.15, -0.1) is 0 Å². The maximum absolute atomic E-state index is 13.5. The highest BCUT2D eigenvalue weighted by Crippen LogP contribution is 2.37. The van der Waals surface area contributed by atoms with Crippen LogP contribution in [0.25, 0.3) is 5.69 Å². The van der Waals surface area contributed by atoms with Crippen molar-refractivity contribution in [3.8, 4) is 5.69 Å². The Kier molecular flexibility index (Phi) is 4.07. The molecule has 4 nitrogen and oxygen atoms in total. The first-order valence-corrected chi connectivity index (χ1v) is 10.3. The molecule has 2 aliphatic carbocycles. The second-order valence-electron chi connectivity index (χ2n) is 8.13. The van der Waals surface area contributed by atoms with Gasteiger partial charge in [-0.25, -0.2) is 4.68 Å². The standard InChI is InChI=1S/C22H27N3O/c26-22(24-15-7-9-16-8-4-5-13-19(16)24)21-18-12-6-14-20(18)25(23-21)17-10-2-1-3-11-17/h1-3,10-11,16,19H,4-9,12-15H2/t16-,19-/m1/s1. The molecular formula is C22H27N3O. The number of carbonyl (C=O) groups is 1. The Morgan fingerprint density at radius 2 is 1.77 bits per heavy atom. The Hall–Kier alpha value is -2.10. The van der Waals surface area contributed by atoms with Crippen LogP contribution >= 0.6 is 0 Å². The van der Waals surface area contributed by atoms with E-state index in [0.717, 1.165) is 43.6 Å². The number of benzene rings is 1. The molecule has 1 aromatic carbocycles. The van der Waals surface area contributed by atoms with Gasteiger partial charge in [0, 0.05) is 23.8 Å². The lowest BCUT2D eigenvalue weighted by molar-refractivity contribution is 0.0384. The molecule has 2 aromatic rings. The van der Waals surface area contributed by atoms with Gasteiger partial charge < -0.3 is 4.90 Å². The van der Waals surface area contributed by atoms with Crippen LogP contribution in [0.15, 0.2) is 30.3 Å². The fourth-order valence-corrected chi connectivity index (χ4v) is 5.40. The zero-order valence-electron chi connectivity index (χ0n) is 15.4. The third-order valence-electron chi connectivity index (χ3n) is 6.64. The lowest BCUT2D eigenvalue weighted by atomic mass is 9.78. The number of likely N-dealkylation sites (tertiary alicyclic amines) is 1. The molecule has 0 spiro atoms. The smallest absolute Gasteiger partial charge is 0.274 e. The van der Waals surface area contributed by atoms with Crippen molar-refractivity contribution in [2.75, 3.05) is 6.54 Å². The van der Waals surface area contributed by atoms with E-state index in [0.29, 0.717) is 12.0 Å². The molecular weight excluding hydrogens is 322 g/mol. The van der Waals surface area contributed by atoms with E-state index in [1.54, 1.807) is 0 Å². The number of amides is 1. The van der Waals surface area contributed by atoms with Gasteiger partial charge in [0.1, 0.15) is 0 Å². The van der Waals surface area contributed by atoms with Gasteiger partial charge in [0.05, 0.1) is 5.69 Å². The maximum atomic E-state index is 13.5. The number of piperidine rings is 1. The number of nitrogens with zero attached hydrogens (tertiary/aromatic N) is 3. The van der Waals surface area contributed by atoms with E-state index < -0.39 is 0 Å². The van der Waals surface area contributed by atoms with Gasteiger partial charge in [-0.1, -0.05) is 31.0 Å². The fourth-order valence-electron chi connectivity index (χ4n) is 5.40. The molecule has 136 valence electrons. The molecule has 2 atom stereocenters. The molecule has 0 radical (unpaired) electrons. The van der Waals surface area contributed by atoms with Gasteiger partial charge >= 0.3 is 0 Å². The van der Waals surface area contributed by atoms with Crippen molar-refractivity contribution in [2.24, 2.45) is 5.92 Å². The summed E-state index contributed by atoms with van der Waals surface area (Å²) in [4.78, 5) is 15.7. The first-order valence-electron chi connectivity index (χ1n) is 10.3. The van der Waals surface area contributed by atoms with Crippen LogP contribution in [-0.2, 0) is 12.8 Å². The SMILES string of the molecule is O=C(c1nn(-c2ccccc2)c2c1CCC2)N1CCC[C@H]2CCCC[C@H]21. The van der Waals surface area contributed by atoms with Crippen LogP contribution < -0.4 is 0 Å². The summed E-state index contributed by atoms with van der Waals surface area (Å²) in [6.45, 7) is 0.910. The highest BCUT2D eigenvalue weighted by atomic mass is 16.2. The second kappa shape index (κ2) is 6.57. The number of hydrogen-bond donors (Lipinski definition) is 0. The van der Waals surface area contributed by atoms with Gasteiger partial charge in [-0.2, -0.15) is 5.10 Å². The van der Waals surface area contributed by atoms with Crippen LogP contribution in [0.2, 0.25) is 0 Å². The molecule has 1 saturated heterocycles. The van der Waals surface area contributed by atoms with Crippen molar-refractivity contribution in [1.29, 1.82) is 0 Å². The molecule has 2 fully saturated rings. The third-order valence-corrected chi connectivity index (χ3v) is 6.64. The largest absolute Gasteiger partial charge is 0.334 e. The molecule has 26 heavy (non-hydrogen) atoms. The third kappa shape index (κ3) is 2.58. The topological polar surface area (TPSA) is 38.1 Å². The molecule has 1 amide bonds. The summed E-state index contributed by atoms with van der Waals surface area (Å²) in [5.41, 5.74) is 4.25. The van der Waals surface area contributed by atoms with Crippen LogP contribution in [0.1, 0.15) is 66.7 Å². The Morgan fingerprint density at radius 1 is 0.962 bits per heavy atom. The van der Waals surface area contributed by atoms with Crippen molar-refractivity contribution >= 4 is 5.91 Å². The normalized spacial score (nSPS) is 25.0. The predicted octanol–water partition coefficient (Wildman–Crippen LogP) is 4.16. The minimum Gasteiger partial charge on any atom is -0.334 e. The minimum absolute atomic E-state index is 0.189. The Bertz CT molecular complexity index is 808. The highest BCUT2D eigenvalue weighted by Gasteiger charge is 2.38. The van der Waals surface area contributed by atoms with Crippen LogP contribution in [0.4, 0.5) is 0 Å². The van der Waals surface area contributed by atoms with E-state index in [1.165, 1.54) is 43.4 Å². The van der Waals surface area contributed by atoms with E-state index in [-0.39, 0.29) is 5.91 Å². The van der Waals surface area contributed by atoms with E-state index in [2.05, 4.69) is 17.0 Å². The summed E-state index contributed by atoms with van der Waals surface area (Å²) in [5, 5.41) is 4.84. The number of carbonyl (C=O) groups excluding carboxylic acids is 1. The Labute approximate surface area is 155 Å². The van der Waals surface area contributed by atoms with E-state index in [1.807, 2.05) is 22.9 Å². The van der Waals surface area contributed by atoms with Crippen molar-refractivity contribution in [3.63, 3.8) is 0 Å². The monoisotopic (exact) mass is 349 g/mol. The number of hydrogen-bond acceptors (Lipinski definition) is 2. The fraction of sp³-hybridized carbons (Fsp3) is 0.545. The van der Waals surface area contributed by atoms with E-state index in [4.69, 9.17) is 5.10 Å². The summed E-state index contributed by atoms with van der Waals surface area (Å²) in [6.07, 6.45) is 10.7. The number of aromatic nitrogens is 2. The van der Waals surface area contributed by atoms with Gasteiger partial charge in [0.25, 0.3) is 5.91 Å². The van der Waals surface area contributed by atoms with Crippen LogP contribution in [-0.4, -0.2) is 33.2 Å². The van der Waals surface area contributed by atoms with Crippen LogP contribution in [0.5, 0.6) is 0 Å². The first kappa shape index (κ1) is 16.1. The molecule has 1 aliphatic heterocycles.